The van der Waals surface area contributed by atoms with Crippen molar-refractivity contribution in [2.75, 3.05) is 39.6 Å². The molecule has 3 unspecified atom stereocenters. The van der Waals surface area contributed by atoms with Gasteiger partial charge in [0.15, 0.2) is 12.2 Å². The first-order valence-corrected chi connectivity index (χ1v) is 45.7. The average Bonchev–Trinajstić information content (AvgIpc) is 0.910. The molecule has 0 saturated carbocycles. The van der Waals surface area contributed by atoms with E-state index in [4.69, 9.17) is 37.0 Å². The minimum atomic E-state index is -4.96. The summed E-state index contributed by atoms with van der Waals surface area (Å²) in [6, 6.07) is 0. The van der Waals surface area contributed by atoms with Crippen LogP contribution in [0.15, 0.2) is 0 Å². The van der Waals surface area contributed by atoms with Crippen molar-refractivity contribution in [2.45, 2.75) is 446 Å². The maximum atomic E-state index is 13.1. The summed E-state index contributed by atoms with van der Waals surface area (Å²) >= 11 is 0. The van der Waals surface area contributed by atoms with Crippen LogP contribution in [0.5, 0.6) is 0 Å². The molecule has 5 atom stereocenters. The summed E-state index contributed by atoms with van der Waals surface area (Å²) in [4.78, 5) is 73.1. The first-order chi connectivity index (χ1) is 49.1. The van der Waals surface area contributed by atoms with Crippen LogP contribution in [0, 0.1) is 23.7 Å². The lowest BCUT2D eigenvalue weighted by molar-refractivity contribution is -0.161. The van der Waals surface area contributed by atoms with E-state index < -0.39 is 97.5 Å². The van der Waals surface area contributed by atoms with E-state index in [1.165, 1.54) is 225 Å². The van der Waals surface area contributed by atoms with Crippen LogP contribution >= 0.6 is 15.6 Å². The topological polar surface area (TPSA) is 237 Å². The van der Waals surface area contributed by atoms with Crippen LogP contribution in [-0.2, 0) is 65.4 Å². The zero-order valence-electron chi connectivity index (χ0n) is 67.2. The van der Waals surface area contributed by atoms with Crippen LogP contribution < -0.4 is 0 Å². The van der Waals surface area contributed by atoms with Crippen LogP contribution in [0.3, 0.4) is 0 Å². The SMILES string of the molecule is CC(C)CCCCCCCCCCCCCCCCCCCCC(=O)O[C@H](COC(=O)CCCCCCCCCCCCCCCC(C)C)COP(=O)(O)OCC(O)COP(=O)(O)OC[C@@H](COC(=O)CCCCCCCCCC(C)C)OC(=O)CCCCCCCCCCCCCCC(C)C. The molecule has 0 aliphatic heterocycles. The number of hydrogen-bond acceptors (Lipinski definition) is 15. The summed E-state index contributed by atoms with van der Waals surface area (Å²) in [7, 11) is -9.92. The number of ether oxygens (including phenoxy) is 4. The minimum Gasteiger partial charge on any atom is -0.462 e. The highest BCUT2D eigenvalue weighted by molar-refractivity contribution is 7.47. The second-order valence-corrected chi connectivity index (χ2v) is 34.7. The van der Waals surface area contributed by atoms with Crippen LogP contribution in [0.4, 0.5) is 0 Å². The van der Waals surface area contributed by atoms with Gasteiger partial charge in [0, 0.05) is 25.7 Å². The third-order valence-corrected chi connectivity index (χ3v) is 21.2. The van der Waals surface area contributed by atoms with Gasteiger partial charge in [-0.05, 0) is 49.4 Å². The molecule has 0 fully saturated rings. The molecular formula is C83H162O17P2. The largest absolute Gasteiger partial charge is 0.472 e. The van der Waals surface area contributed by atoms with E-state index in [1.54, 1.807) is 0 Å². The van der Waals surface area contributed by atoms with E-state index in [9.17, 15) is 43.2 Å². The van der Waals surface area contributed by atoms with Crippen LogP contribution in [0.1, 0.15) is 428 Å². The van der Waals surface area contributed by atoms with Crippen LogP contribution in [0.2, 0.25) is 0 Å². The quantitative estimate of drug-likeness (QED) is 0.0222. The van der Waals surface area contributed by atoms with Gasteiger partial charge >= 0.3 is 39.5 Å². The molecule has 0 rings (SSSR count). The molecule has 0 bridgehead atoms. The Morgan fingerprint density at radius 1 is 0.245 bits per heavy atom. The fourth-order valence-electron chi connectivity index (χ4n) is 12.8. The number of rotatable bonds is 80. The van der Waals surface area contributed by atoms with Crippen LogP contribution in [-0.4, -0.2) is 96.7 Å². The van der Waals surface area contributed by atoms with Crippen molar-refractivity contribution in [1.29, 1.82) is 0 Å². The maximum Gasteiger partial charge on any atom is 0.472 e. The summed E-state index contributed by atoms with van der Waals surface area (Å²) in [5.74, 6) is 0.981. The lowest BCUT2D eigenvalue weighted by Gasteiger charge is -2.21. The second kappa shape index (κ2) is 72.0. The fraction of sp³-hybridized carbons (Fsp3) is 0.952. The van der Waals surface area contributed by atoms with E-state index in [2.05, 4.69) is 55.4 Å². The highest BCUT2D eigenvalue weighted by atomic mass is 31.2. The summed E-state index contributed by atoms with van der Waals surface area (Å²) in [6.07, 6.45) is 59.8. The Morgan fingerprint density at radius 3 is 0.608 bits per heavy atom. The van der Waals surface area contributed by atoms with Crippen molar-refractivity contribution in [3.63, 3.8) is 0 Å². The molecular weight excluding hydrogens is 1330 g/mol. The summed E-state index contributed by atoms with van der Waals surface area (Å²) < 4.78 is 68.8. The van der Waals surface area contributed by atoms with Gasteiger partial charge in [0.1, 0.15) is 19.3 Å². The molecule has 102 heavy (non-hydrogen) atoms. The van der Waals surface area contributed by atoms with Crippen molar-refractivity contribution in [3.05, 3.63) is 0 Å². The molecule has 0 amide bonds. The molecule has 0 aromatic carbocycles. The lowest BCUT2D eigenvalue weighted by Crippen LogP contribution is -2.30. The van der Waals surface area contributed by atoms with Crippen molar-refractivity contribution >= 4 is 39.5 Å². The van der Waals surface area contributed by atoms with Gasteiger partial charge in [0.25, 0.3) is 0 Å². The van der Waals surface area contributed by atoms with E-state index in [0.717, 1.165) is 114 Å². The molecule has 0 spiro atoms. The summed E-state index contributed by atoms with van der Waals surface area (Å²) in [5.41, 5.74) is 0. The summed E-state index contributed by atoms with van der Waals surface area (Å²) in [6.45, 7) is 14.3. The average molecular weight is 1490 g/mol. The zero-order valence-corrected chi connectivity index (χ0v) is 69.0. The van der Waals surface area contributed by atoms with Gasteiger partial charge in [0.05, 0.1) is 26.4 Å². The monoisotopic (exact) mass is 1490 g/mol. The molecule has 3 N–H and O–H groups in total. The third-order valence-electron chi connectivity index (χ3n) is 19.3. The maximum absolute atomic E-state index is 13.1. The molecule has 0 aromatic heterocycles. The predicted octanol–water partition coefficient (Wildman–Crippen LogP) is 24.8. The Kier molecular flexibility index (Phi) is 70.6. The van der Waals surface area contributed by atoms with E-state index in [0.29, 0.717) is 31.6 Å². The van der Waals surface area contributed by atoms with Crippen molar-refractivity contribution in [1.82, 2.24) is 0 Å². The van der Waals surface area contributed by atoms with E-state index in [1.807, 2.05) is 0 Å². The molecule has 0 aromatic rings. The molecule has 19 heteroatoms. The number of aliphatic hydroxyl groups excluding tert-OH is 1. The number of hydrogen-bond donors (Lipinski definition) is 3. The van der Waals surface area contributed by atoms with Gasteiger partial charge in [-0.3, -0.25) is 37.3 Å². The minimum absolute atomic E-state index is 0.106. The third kappa shape index (κ3) is 76.3. The molecule has 0 heterocycles. The highest BCUT2D eigenvalue weighted by Gasteiger charge is 2.30. The number of phosphoric acid groups is 2. The fourth-order valence-corrected chi connectivity index (χ4v) is 14.4. The van der Waals surface area contributed by atoms with Crippen molar-refractivity contribution in [3.8, 4) is 0 Å². The van der Waals surface area contributed by atoms with Gasteiger partial charge in [-0.15, -0.1) is 0 Å². The number of carbonyl (C=O) groups is 4. The molecule has 0 saturated heterocycles. The first kappa shape index (κ1) is 100. The van der Waals surface area contributed by atoms with Gasteiger partial charge in [-0.1, -0.05) is 376 Å². The Morgan fingerprint density at radius 2 is 0.412 bits per heavy atom. The number of esters is 4. The van der Waals surface area contributed by atoms with Gasteiger partial charge in [0.2, 0.25) is 0 Å². The second-order valence-electron chi connectivity index (χ2n) is 31.8. The van der Waals surface area contributed by atoms with Crippen LogP contribution in [0.25, 0.3) is 0 Å². The smallest absolute Gasteiger partial charge is 0.462 e. The van der Waals surface area contributed by atoms with Crippen molar-refractivity contribution in [2.24, 2.45) is 23.7 Å². The van der Waals surface area contributed by atoms with Gasteiger partial charge in [-0.2, -0.15) is 0 Å². The number of carbonyl (C=O) groups excluding carboxylic acids is 4. The summed E-state index contributed by atoms with van der Waals surface area (Å²) in [5, 5.41) is 10.7. The zero-order chi connectivity index (χ0) is 75.3. The Labute approximate surface area is 626 Å². The standard InChI is InChI=1S/C83H162O17P2/c1-73(2)59-51-43-35-28-22-16-13-11-9-10-12-14-18-26-32-40-49-57-65-82(87)99-78(69-93-80(85)63-55-47-39-31-25-19-15-17-23-29-36-44-52-60-74(3)4)71-97-101(89,90)95-67-77(84)68-96-102(91,92)98-72-79(70-94-81(86)64-56-48-42-34-38-46-54-62-76(7)8)100-83(88)66-58-50-41-33-27-21-20-24-30-37-45-53-61-75(5)6/h73-79,84H,9-72H2,1-8H3,(H,89,90)(H,91,92)/t77?,78-,79-/m1/s1. The van der Waals surface area contributed by atoms with Crippen molar-refractivity contribution < 1.29 is 80.2 Å². The molecule has 0 aliphatic carbocycles. The number of unbranched alkanes of at least 4 members (excludes halogenated alkanes) is 46. The highest BCUT2D eigenvalue weighted by Crippen LogP contribution is 2.45. The van der Waals surface area contributed by atoms with Gasteiger partial charge < -0.3 is 33.8 Å². The molecule has 0 aliphatic rings. The number of aliphatic hydroxyl groups is 1. The van der Waals surface area contributed by atoms with Gasteiger partial charge in [-0.25, -0.2) is 9.13 Å². The lowest BCUT2D eigenvalue weighted by atomic mass is 10.0. The Hall–Kier alpha value is -1.94. The Bertz CT molecular complexity index is 1990. The molecule has 0 radical (unpaired) electrons. The number of phosphoric ester groups is 2. The first-order valence-electron chi connectivity index (χ1n) is 42.7. The normalized spacial score (nSPS) is 14.0. The van der Waals surface area contributed by atoms with E-state index in [-0.39, 0.29) is 25.7 Å². The molecule has 606 valence electrons. The predicted molar refractivity (Wildman–Crippen MR) is 418 cm³/mol. The Balaban J connectivity index is 5.23. The van der Waals surface area contributed by atoms with E-state index >= 15 is 0 Å². The molecule has 17 nitrogen and oxygen atoms in total.